The van der Waals surface area contributed by atoms with E-state index < -0.39 is 6.10 Å². The second kappa shape index (κ2) is 7.80. The molecule has 0 saturated carbocycles. The Morgan fingerprint density at radius 2 is 1.95 bits per heavy atom. The van der Waals surface area contributed by atoms with E-state index in [1.807, 2.05) is 4.68 Å². The first-order valence-electron chi connectivity index (χ1n) is 8.02. The molecule has 5 nitrogen and oxygen atoms in total. The molecule has 1 heterocycles. The fourth-order valence-corrected chi connectivity index (χ4v) is 3.03. The number of aliphatic hydroxyl groups is 1. The summed E-state index contributed by atoms with van der Waals surface area (Å²) in [5, 5.41) is 15.5. The number of ether oxygens (including phenoxy) is 1. The van der Waals surface area contributed by atoms with Crippen LogP contribution in [-0.2, 0) is 6.54 Å². The van der Waals surface area contributed by atoms with Crippen molar-refractivity contribution in [2.75, 3.05) is 20.2 Å². The van der Waals surface area contributed by atoms with Crippen LogP contribution in [0.1, 0.15) is 59.3 Å². The molecule has 0 amide bonds. The van der Waals surface area contributed by atoms with E-state index >= 15 is 0 Å². The first-order chi connectivity index (χ1) is 9.99. The first kappa shape index (κ1) is 18.0. The summed E-state index contributed by atoms with van der Waals surface area (Å²) in [7, 11) is 1.63. The summed E-state index contributed by atoms with van der Waals surface area (Å²) in [6, 6.07) is 0. The Kier molecular flexibility index (Phi) is 6.68. The molecular formula is C16H31N3O2. The van der Waals surface area contributed by atoms with Gasteiger partial charge in [-0.25, -0.2) is 0 Å². The summed E-state index contributed by atoms with van der Waals surface area (Å²) in [6.07, 6.45) is 2.90. The van der Waals surface area contributed by atoms with E-state index in [4.69, 9.17) is 4.74 Å². The fraction of sp³-hybridized carbons (Fsp3) is 0.812. The summed E-state index contributed by atoms with van der Waals surface area (Å²) < 4.78 is 7.29. The van der Waals surface area contributed by atoms with Crippen LogP contribution in [0.5, 0.6) is 5.75 Å². The van der Waals surface area contributed by atoms with E-state index in [9.17, 15) is 5.11 Å². The Balaban J connectivity index is 3.26. The topological polar surface area (TPSA) is 50.5 Å². The fourth-order valence-electron chi connectivity index (χ4n) is 3.03. The molecule has 1 aromatic rings. The molecule has 21 heavy (non-hydrogen) atoms. The van der Waals surface area contributed by atoms with Gasteiger partial charge in [0.1, 0.15) is 11.8 Å². The van der Waals surface area contributed by atoms with Gasteiger partial charge in [0.15, 0.2) is 5.75 Å². The number of aliphatic hydroxyl groups excluding tert-OH is 1. The summed E-state index contributed by atoms with van der Waals surface area (Å²) >= 11 is 0. The SMILES string of the molecule is CCCn1ncc(OC)c1C(O)C(C)(CC)N(CC)CC. The molecule has 2 atom stereocenters. The molecule has 0 aliphatic heterocycles. The Labute approximate surface area is 128 Å². The number of rotatable bonds is 9. The Morgan fingerprint density at radius 3 is 2.38 bits per heavy atom. The van der Waals surface area contributed by atoms with E-state index in [1.165, 1.54) is 0 Å². The summed E-state index contributed by atoms with van der Waals surface area (Å²) in [6.45, 7) is 13.2. The lowest BCUT2D eigenvalue weighted by Gasteiger charge is -2.43. The molecule has 0 fully saturated rings. The minimum Gasteiger partial charge on any atom is -0.493 e. The zero-order valence-electron chi connectivity index (χ0n) is 14.4. The number of nitrogens with zero attached hydrogens (tertiary/aromatic N) is 3. The van der Waals surface area contributed by atoms with Crippen molar-refractivity contribution >= 4 is 0 Å². The van der Waals surface area contributed by atoms with E-state index in [1.54, 1.807) is 13.3 Å². The maximum atomic E-state index is 11.1. The molecule has 0 spiro atoms. The van der Waals surface area contributed by atoms with Crippen LogP contribution in [0.15, 0.2) is 6.20 Å². The van der Waals surface area contributed by atoms with Gasteiger partial charge < -0.3 is 9.84 Å². The summed E-state index contributed by atoms with van der Waals surface area (Å²) in [5.74, 6) is 0.669. The minimum atomic E-state index is -0.633. The van der Waals surface area contributed by atoms with Crippen molar-refractivity contribution < 1.29 is 9.84 Å². The van der Waals surface area contributed by atoms with Crippen LogP contribution in [0.4, 0.5) is 0 Å². The van der Waals surface area contributed by atoms with Gasteiger partial charge >= 0.3 is 0 Å². The van der Waals surface area contributed by atoms with E-state index in [0.29, 0.717) is 5.75 Å². The van der Waals surface area contributed by atoms with Crippen molar-refractivity contribution in [1.29, 1.82) is 0 Å². The van der Waals surface area contributed by atoms with Crippen LogP contribution in [0, 0.1) is 0 Å². The van der Waals surface area contributed by atoms with Gasteiger partial charge in [0.2, 0.25) is 0 Å². The van der Waals surface area contributed by atoms with Crippen LogP contribution in [-0.4, -0.2) is 45.5 Å². The van der Waals surface area contributed by atoms with Crippen molar-refractivity contribution in [2.24, 2.45) is 0 Å². The molecule has 0 bridgehead atoms. The molecule has 2 unspecified atom stereocenters. The van der Waals surface area contributed by atoms with Gasteiger partial charge in [-0.15, -0.1) is 0 Å². The van der Waals surface area contributed by atoms with E-state index in [2.05, 4.69) is 44.6 Å². The van der Waals surface area contributed by atoms with Crippen LogP contribution < -0.4 is 4.74 Å². The maximum absolute atomic E-state index is 11.1. The third-order valence-corrected chi connectivity index (χ3v) is 4.55. The molecule has 0 saturated heterocycles. The maximum Gasteiger partial charge on any atom is 0.162 e. The van der Waals surface area contributed by atoms with E-state index in [-0.39, 0.29) is 5.54 Å². The average Bonchev–Trinajstić information content (AvgIpc) is 2.90. The molecule has 122 valence electrons. The Bertz CT molecular complexity index is 429. The lowest BCUT2D eigenvalue weighted by Crippen LogP contribution is -2.50. The van der Waals surface area contributed by atoms with Crippen LogP contribution in [0.25, 0.3) is 0 Å². The smallest absolute Gasteiger partial charge is 0.162 e. The summed E-state index contributed by atoms with van der Waals surface area (Å²) in [4.78, 5) is 2.31. The zero-order chi connectivity index (χ0) is 16.0. The standard InChI is InChI=1S/C16H31N3O2/c1-7-11-19-14(13(21-6)12-17-19)15(20)16(5,8-2)18(9-3)10-4/h12,15,20H,7-11H2,1-6H3. The third kappa shape index (κ3) is 3.40. The molecule has 0 aliphatic rings. The highest BCUT2D eigenvalue weighted by atomic mass is 16.5. The van der Waals surface area contributed by atoms with Crippen LogP contribution in [0.2, 0.25) is 0 Å². The molecular weight excluding hydrogens is 266 g/mol. The lowest BCUT2D eigenvalue weighted by atomic mass is 9.87. The average molecular weight is 297 g/mol. The van der Waals surface area contributed by atoms with Crippen molar-refractivity contribution in [3.05, 3.63) is 11.9 Å². The number of aromatic nitrogens is 2. The largest absolute Gasteiger partial charge is 0.493 e. The molecule has 0 aromatic carbocycles. The highest BCUT2D eigenvalue weighted by molar-refractivity contribution is 5.29. The molecule has 5 heteroatoms. The first-order valence-corrected chi connectivity index (χ1v) is 8.02. The molecule has 1 N–H and O–H groups in total. The van der Waals surface area contributed by atoms with Gasteiger partial charge in [-0.3, -0.25) is 9.58 Å². The van der Waals surface area contributed by atoms with Gasteiger partial charge in [-0.2, -0.15) is 5.10 Å². The predicted molar refractivity (Wildman–Crippen MR) is 85.6 cm³/mol. The van der Waals surface area contributed by atoms with Crippen LogP contribution in [0.3, 0.4) is 0 Å². The molecule has 0 radical (unpaired) electrons. The normalized spacial score (nSPS) is 16.0. The van der Waals surface area contributed by atoms with Gasteiger partial charge in [0.05, 0.1) is 13.3 Å². The van der Waals surface area contributed by atoms with Crippen molar-refractivity contribution in [3.8, 4) is 5.75 Å². The van der Waals surface area contributed by atoms with Gasteiger partial charge in [-0.1, -0.05) is 27.7 Å². The molecule has 0 aliphatic carbocycles. The third-order valence-electron chi connectivity index (χ3n) is 4.55. The number of hydrogen-bond donors (Lipinski definition) is 1. The number of aryl methyl sites for hydroxylation is 1. The van der Waals surface area contributed by atoms with Crippen LogP contribution >= 0.6 is 0 Å². The Hall–Kier alpha value is -1.07. The second-order valence-corrected chi connectivity index (χ2v) is 5.61. The van der Waals surface area contributed by atoms with Crippen molar-refractivity contribution in [3.63, 3.8) is 0 Å². The highest BCUT2D eigenvalue weighted by Crippen LogP contribution is 2.38. The quantitative estimate of drug-likeness (QED) is 0.761. The highest BCUT2D eigenvalue weighted by Gasteiger charge is 2.40. The van der Waals surface area contributed by atoms with Gasteiger partial charge in [0, 0.05) is 12.1 Å². The van der Waals surface area contributed by atoms with Crippen molar-refractivity contribution in [2.45, 2.75) is 65.6 Å². The number of likely N-dealkylation sites (N-methyl/N-ethyl adjacent to an activating group) is 1. The predicted octanol–water partition coefficient (Wildman–Crippen LogP) is 2.85. The molecule has 1 aromatic heterocycles. The molecule has 1 rings (SSSR count). The van der Waals surface area contributed by atoms with Crippen molar-refractivity contribution in [1.82, 2.24) is 14.7 Å². The lowest BCUT2D eigenvalue weighted by molar-refractivity contribution is -0.0270. The Morgan fingerprint density at radius 1 is 1.33 bits per heavy atom. The zero-order valence-corrected chi connectivity index (χ0v) is 14.4. The number of methoxy groups -OCH3 is 1. The van der Waals surface area contributed by atoms with E-state index in [0.717, 1.165) is 38.2 Å². The van der Waals surface area contributed by atoms with Gasteiger partial charge in [0.25, 0.3) is 0 Å². The van der Waals surface area contributed by atoms with Gasteiger partial charge in [-0.05, 0) is 32.9 Å². The summed E-state index contributed by atoms with van der Waals surface area (Å²) in [5.41, 5.74) is 0.457. The minimum absolute atomic E-state index is 0.331. The monoisotopic (exact) mass is 297 g/mol. The number of hydrogen-bond acceptors (Lipinski definition) is 4. The second-order valence-electron chi connectivity index (χ2n) is 5.61.